The molecule has 1 aromatic heterocycles. The number of phosphoric acid groups is 1. The van der Waals surface area contributed by atoms with Crippen molar-refractivity contribution >= 4 is 77.3 Å². The molecule has 30 heteroatoms. The van der Waals surface area contributed by atoms with Gasteiger partial charge in [0, 0.05) is 131 Å². The van der Waals surface area contributed by atoms with Crippen LogP contribution in [-0.4, -0.2) is 133 Å². The van der Waals surface area contributed by atoms with Gasteiger partial charge in [0.1, 0.15) is 24.1 Å². The maximum Gasteiger partial charge on any atom is 0.268 e. The maximum atomic E-state index is 14.3. The number of aliphatic imine (C=N–C) groups is 3. The smallest absolute Gasteiger partial charge is 0.268 e. The molecule has 91 heavy (non-hydrogen) atoms. The Hall–Kier alpha value is -6.69. The van der Waals surface area contributed by atoms with Crippen molar-refractivity contribution in [1.29, 1.82) is 0 Å². The average molecular weight is 1330 g/mol. The van der Waals surface area contributed by atoms with Gasteiger partial charge in [0.05, 0.1) is 41.3 Å². The number of carbonyl (C=O) groups excluding carboxylic acids is 7. The second-order valence-electron chi connectivity index (χ2n) is 26.2. The minimum atomic E-state index is -5.34. The molecule has 15 atom stereocenters. The van der Waals surface area contributed by atoms with Gasteiger partial charge in [0.25, 0.3) is 7.82 Å². The number of phenols is 1. The summed E-state index contributed by atoms with van der Waals surface area (Å²) in [4.78, 5) is 127. The zero-order valence-corrected chi connectivity index (χ0v) is 55.0. The number of aliphatic hydroxyl groups is 2. The van der Waals surface area contributed by atoms with E-state index >= 15 is 0 Å². The van der Waals surface area contributed by atoms with Gasteiger partial charge in [-0.05, 0) is 94.1 Å². The minimum absolute atomic E-state index is 0. The maximum absolute atomic E-state index is 14.3. The van der Waals surface area contributed by atoms with E-state index in [-0.39, 0.29) is 107 Å². The van der Waals surface area contributed by atoms with E-state index in [0.717, 1.165) is 0 Å². The summed E-state index contributed by atoms with van der Waals surface area (Å²) in [5.41, 5.74) is 34.2. The number of amides is 7. The third-order valence-electron chi connectivity index (χ3n) is 19.8. The molecule has 1 radical (unpaired) electrons. The summed E-state index contributed by atoms with van der Waals surface area (Å²) in [6, 6.07) is 3.22. The molecule has 16 N–H and O–H groups in total. The minimum Gasteiger partial charge on any atom is -0.756 e. The van der Waals surface area contributed by atoms with Crippen LogP contribution in [0.2, 0.25) is 0 Å². The number of nitrogens with zero attached hydrogens (tertiary/aromatic N) is 6. The number of primary amides is 6. The van der Waals surface area contributed by atoms with Gasteiger partial charge >= 0.3 is 0 Å². The number of aromatic nitrogens is 2. The van der Waals surface area contributed by atoms with Gasteiger partial charge < -0.3 is 91.0 Å². The molecule has 503 valence electrons. The molecule has 1 unspecified atom stereocenters. The Morgan fingerprint density at radius 1 is 0.824 bits per heavy atom. The second kappa shape index (κ2) is 27.5. The van der Waals surface area contributed by atoms with E-state index in [1.807, 2.05) is 47.6 Å². The number of rotatable bonds is 26. The molecule has 8 rings (SSSR count). The van der Waals surface area contributed by atoms with E-state index in [1.165, 1.54) is 36.0 Å². The Bertz CT molecular complexity index is 3490. The summed E-state index contributed by atoms with van der Waals surface area (Å²) in [6.07, 6.45) is -5.25. The van der Waals surface area contributed by atoms with Crippen molar-refractivity contribution in [3.63, 3.8) is 0 Å². The van der Waals surface area contributed by atoms with E-state index in [4.69, 9.17) is 68.5 Å². The van der Waals surface area contributed by atoms with E-state index in [2.05, 4.69) is 10.3 Å². The van der Waals surface area contributed by atoms with Gasteiger partial charge in [-0.1, -0.05) is 40.7 Å². The van der Waals surface area contributed by atoms with Crippen LogP contribution in [0.15, 0.2) is 73.8 Å². The third kappa shape index (κ3) is 14.1. The molecule has 6 aliphatic heterocycles. The van der Waals surface area contributed by atoms with E-state index in [0.29, 0.717) is 56.4 Å². The van der Waals surface area contributed by atoms with Crippen LogP contribution in [-0.2, 0) is 68.7 Å². The van der Waals surface area contributed by atoms with Crippen LogP contribution in [0.3, 0.4) is 0 Å². The second-order valence-corrected chi connectivity index (χ2v) is 27.6. The zero-order valence-electron chi connectivity index (χ0n) is 53.0. The standard InChI is InChI=1S/C60H86N13O15P.CH3.Co/c1-28(87-89(84,85)88-51-39(26-74)86-55(50(51)83)73-27-68-37-20-31(75)10-14-38(37)73)25-67-47(82)18-19-57(6)35(21-44(64)79)54-60(9)59(8,24-46(66)81)34(13-17-43(63)78)49(72-60)30(3)53-58(7,23-45(65)80)32(11-15-41(61)76)36(69-53)22-40-56(4,5)33(12-16-42(62)77)48(70-40)29(2)52(57)71-54;;/h10,14,20,22,27-28,32-35,39,50-51,54-55,74,83H,11-13,15-19,21,23-26H2,1-9H3,(H16,61,62,63,64,65,66,67,69,70,71,72,75,76,77,78,79,80,81,82,84,85);1H3;/q;-1;/p-2/t28-,32-,33-,34-,35+,39-,50-,51-,54-,55+,57-,58+,59+,60+;;/m1../s1. The topological polar surface area (TPSA) is 485 Å². The summed E-state index contributed by atoms with van der Waals surface area (Å²) in [5.74, 6) is -7.55. The number of nitrogens with one attached hydrogen (secondary N) is 1. The van der Waals surface area contributed by atoms with Crippen molar-refractivity contribution in [2.24, 2.45) is 94.7 Å². The Morgan fingerprint density at radius 3 is 2.01 bits per heavy atom. The fourth-order valence-electron chi connectivity index (χ4n) is 15.1. The first-order valence-corrected chi connectivity index (χ1v) is 31.3. The third-order valence-corrected chi connectivity index (χ3v) is 21.0. The van der Waals surface area contributed by atoms with Crippen molar-refractivity contribution in [3.05, 3.63) is 71.6 Å². The summed E-state index contributed by atoms with van der Waals surface area (Å²) in [5, 5.41) is 39.8. The fraction of sp³-hybridized carbons (Fsp3) is 0.607. The molecule has 7 amide bonds. The molecule has 0 saturated carbocycles. The van der Waals surface area contributed by atoms with Gasteiger partial charge in [-0.2, -0.15) is 5.70 Å². The van der Waals surface area contributed by atoms with E-state index in [1.54, 1.807) is 13.8 Å². The predicted octanol–water partition coefficient (Wildman–Crippen LogP) is 2.85. The zero-order chi connectivity index (χ0) is 65.8. The Labute approximate surface area is 539 Å². The number of aromatic hydroxyl groups is 1. The van der Waals surface area contributed by atoms with Crippen molar-refractivity contribution in [2.45, 2.75) is 175 Å². The SMILES string of the molecule is C/C1=C2/[N-][C@H]([C@H](CC(N)=O)[C@@]2(C)CCC(=O)NC[C@@H](C)OP(=O)([O-])O[C@H]2[C@@H](O)[C@@H](n3cnc4cc(O)ccc43)O[C@@H]2CO)[C@]2(C)N=C(/C(C)=C3N=C(/C=C4N=C1[C@@H](CCC(N)=O)C\4(C)C)[C@@H](CCC(N)=O)[C@]\3(C)CC(N)=O)[C@@H](CCC(N)=O)[C@]2(C)CC(N)=O.[CH3-].[Co]. The number of fused-ring (bicyclic) bond motifs is 7. The van der Waals surface area contributed by atoms with Crippen LogP contribution in [0, 0.1) is 52.8 Å². The van der Waals surface area contributed by atoms with Crippen LogP contribution >= 0.6 is 7.82 Å². The molecule has 0 spiro atoms. The number of phosphoric ester groups is 1. The molecule has 1 aromatic carbocycles. The quantitative estimate of drug-likeness (QED) is 0.0478. The van der Waals surface area contributed by atoms with Gasteiger partial charge in [-0.3, -0.25) is 53.1 Å². The molecule has 2 saturated heterocycles. The van der Waals surface area contributed by atoms with E-state index in [9.17, 15) is 58.3 Å². The number of hydrogen-bond donors (Lipinski definition) is 10. The van der Waals surface area contributed by atoms with Gasteiger partial charge in [0.2, 0.25) is 41.4 Å². The molecule has 2 aromatic rings. The fourth-order valence-corrected chi connectivity index (χ4v) is 16.2. The summed E-state index contributed by atoms with van der Waals surface area (Å²) in [6.45, 7) is 15.0. The van der Waals surface area contributed by atoms with Gasteiger partial charge in [0.15, 0.2) is 6.23 Å². The molecule has 2 fully saturated rings. The number of aliphatic hydroxyl groups excluding tert-OH is 2. The van der Waals surface area contributed by atoms with E-state index < -0.39 is 143 Å². The number of benzene rings is 1. The Morgan fingerprint density at radius 2 is 1.43 bits per heavy atom. The molecular weight excluding hydrogens is 1240 g/mol. The van der Waals surface area contributed by atoms with Crippen molar-refractivity contribution in [2.75, 3.05) is 13.2 Å². The number of phenolic OH excluding ortho intramolecular Hbond substituents is 1. The van der Waals surface area contributed by atoms with Crippen molar-refractivity contribution in [3.8, 4) is 5.75 Å². The van der Waals surface area contributed by atoms with Crippen molar-refractivity contribution < 1.29 is 88.9 Å². The van der Waals surface area contributed by atoms with Gasteiger partial charge in [-0.25, -0.2) is 4.98 Å². The van der Waals surface area contributed by atoms with Crippen LogP contribution < -0.4 is 44.6 Å². The first kappa shape index (κ1) is 73.4. The number of ether oxygens (including phenoxy) is 1. The summed E-state index contributed by atoms with van der Waals surface area (Å²) >= 11 is 0. The number of carbonyl (C=O) groups is 7. The first-order chi connectivity index (χ1) is 41.4. The first-order valence-electron chi connectivity index (χ1n) is 29.8. The number of allylic oxidation sites excluding steroid dienone is 6. The summed E-state index contributed by atoms with van der Waals surface area (Å²) < 4.78 is 31.5. The number of nitrogens with two attached hydrogens (primary N) is 6. The van der Waals surface area contributed by atoms with Crippen LogP contribution in [0.25, 0.3) is 16.4 Å². The number of imidazole rings is 1. The summed E-state index contributed by atoms with van der Waals surface area (Å²) in [7, 11) is -5.34. The van der Waals surface area contributed by atoms with Crippen LogP contribution in [0.1, 0.15) is 139 Å². The Kier molecular flexibility index (Phi) is 22.2. The van der Waals surface area contributed by atoms with Crippen LogP contribution in [0.4, 0.5) is 0 Å². The Balaban J connectivity index is 0.00000658. The largest absolute Gasteiger partial charge is 0.756 e. The predicted molar refractivity (Wildman–Crippen MR) is 330 cm³/mol. The normalized spacial score (nSPS) is 33.7. The molecular formula is C61H87CoN13O15P-3. The molecule has 6 aliphatic rings. The van der Waals surface area contributed by atoms with Crippen LogP contribution in [0.5, 0.6) is 5.75 Å². The molecule has 0 aliphatic carbocycles. The van der Waals surface area contributed by atoms with Crippen molar-refractivity contribution in [1.82, 2.24) is 14.9 Å². The molecule has 8 bridgehead atoms. The van der Waals surface area contributed by atoms with Gasteiger partial charge in [-0.15, -0.1) is 0 Å². The molecule has 7 heterocycles. The monoisotopic (exact) mass is 1330 g/mol. The number of hydrogen-bond acceptors (Lipinski definition) is 19. The average Bonchev–Trinajstić information content (AvgIpc) is 1.53. The molecule has 28 nitrogen and oxygen atoms in total.